The summed E-state index contributed by atoms with van der Waals surface area (Å²) < 4.78 is 0. The van der Waals surface area contributed by atoms with Crippen molar-refractivity contribution < 1.29 is 9.59 Å². The minimum atomic E-state index is -0.495. The molecule has 0 fully saturated rings. The van der Waals surface area contributed by atoms with E-state index in [0.717, 1.165) is 11.1 Å². The maximum atomic E-state index is 12.2. The largest absolute Gasteiger partial charge is 0.399 e. The molecule has 0 atom stereocenters. The molecule has 0 unspecified atom stereocenters. The third kappa shape index (κ3) is 3.20. The first-order valence-electron chi connectivity index (χ1n) is 6.46. The Kier molecular flexibility index (Phi) is 3.93. The fraction of sp³-hybridized carbons (Fsp3) is 0.125. The Labute approximate surface area is 123 Å². The fourth-order valence-corrected chi connectivity index (χ4v) is 1.97. The predicted molar refractivity (Wildman–Crippen MR) is 83.2 cm³/mol. The number of amides is 2. The summed E-state index contributed by atoms with van der Waals surface area (Å²) in [6.45, 7) is 3.65. The molecular formula is C16H17N3O2. The summed E-state index contributed by atoms with van der Waals surface area (Å²) in [5.41, 5.74) is 14.8. The Morgan fingerprint density at radius 1 is 0.952 bits per heavy atom. The van der Waals surface area contributed by atoms with Crippen molar-refractivity contribution in [1.29, 1.82) is 0 Å². The number of primary amides is 1. The van der Waals surface area contributed by atoms with Crippen molar-refractivity contribution in [3.63, 3.8) is 0 Å². The number of anilines is 2. The molecule has 21 heavy (non-hydrogen) atoms. The summed E-state index contributed by atoms with van der Waals surface area (Å²) in [7, 11) is 0. The van der Waals surface area contributed by atoms with E-state index in [-0.39, 0.29) is 5.91 Å². The van der Waals surface area contributed by atoms with E-state index in [4.69, 9.17) is 11.5 Å². The Morgan fingerprint density at radius 3 is 2.14 bits per heavy atom. The first kappa shape index (κ1) is 14.6. The molecule has 0 aromatic heterocycles. The molecule has 0 aliphatic carbocycles. The third-order valence-corrected chi connectivity index (χ3v) is 3.29. The summed E-state index contributed by atoms with van der Waals surface area (Å²) in [6, 6.07) is 10.00. The van der Waals surface area contributed by atoms with E-state index in [2.05, 4.69) is 5.32 Å². The van der Waals surface area contributed by atoms with Gasteiger partial charge >= 0.3 is 0 Å². The average Bonchev–Trinajstić information content (AvgIpc) is 2.43. The zero-order valence-electron chi connectivity index (χ0n) is 11.9. The fourth-order valence-electron chi connectivity index (χ4n) is 1.97. The Morgan fingerprint density at radius 2 is 1.57 bits per heavy atom. The Balaban J connectivity index is 2.23. The van der Waals surface area contributed by atoms with Crippen molar-refractivity contribution in [3.8, 4) is 0 Å². The van der Waals surface area contributed by atoms with Gasteiger partial charge in [0, 0.05) is 22.5 Å². The zero-order valence-corrected chi connectivity index (χ0v) is 11.9. The molecule has 0 spiro atoms. The standard InChI is InChI=1S/C16H17N3O2/c1-9-7-12(3-5-13(9)17)16(21)19-14-6-4-11(15(18)20)8-10(14)2/h3-8H,17H2,1-2H3,(H2,18,20)(H,19,21). The molecule has 5 N–H and O–H groups in total. The summed E-state index contributed by atoms with van der Waals surface area (Å²) >= 11 is 0. The maximum Gasteiger partial charge on any atom is 0.255 e. The van der Waals surface area contributed by atoms with Crippen LogP contribution in [0.15, 0.2) is 36.4 Å². The second-order valence-electron chi connectivity index (χ2n) is 4.92. The first-order valence-corrected chi connectivity index (χ1v) is 6.46. The molecule has 0 aliphatic heterocycles. The molecule has 0 bridgehead atoms. The van der Waals surface area contributed by atoms with E-state index in [1.165, 1.54) is 0 Å². The van der Waals surface area contributed by atoms with Crippen molar-refractivity contribution in [2.24, 2.45) is 5.73 Å². The molecule has 0 heterocycles. The summed E-state index contributed by atoms with van der Waals surface area (Å²) in [5.74, 6) is -0.724. The van der Waals surface area contributed by atoms with Gasteiger partial charge in [0.15, 0.2) is 0 Å². The number of nitrogen functional groups attached to an aromatic ring is 1. The maximum absolute atomic E-state index is 12.2. The highest BCUT2D eigenvalue weighted by Crippen LogP contribution is 2.19. The zero-order chi connectivity index (χ0) is 15.6. The van der Waals surface area contributed by atoms with Gasteiger partial charge in [-0.25, -0.2) is 0 Å². The van der Waals surface area contributed by atoms with Crippen molar-refractivity contribution in [2.75, 3.05) is 11.1 Å². The highest BCUT2D eigenvalue weighted by atomic mass is 16.2. The molecule has 2 rings (SSSR count). The second-order valence-corrected chi connectivity index (χ2v) is 4.92. The number of aryl methyl sites for hydroxylation is 2. The smallest absolute Gasteiger partial charge is 0.255 e. The molecule has 2 amide bonds. The molecular weight excluding hydrogens is 266 g/mol. The van der Waals surface area contributed by atoms with E-state index >= 15 is 0 Å². The van der Waals surface area contributed by atoms with Gasteiger partial charge in [-0.15, -0.1) is 0 Å². The number of carbonyl (C=O) groups excluding carboxylic acids is 2. The number of rotatable bonds is 3. The van der Waals surface area contributed by atoms with Crippen molar-refractivity contribution in [2.45, 2.75) is 13.8 Å². The van der Waals surface area contributed by atoms with Gasteiger partial charge in [-0.3, -0.25) is 9.59 Å². The van der Waals surface area contributed by atoms with Gasteiger partial charge < -0.3 is 16.8 Å². The van der Waals surface area contributed by atoms with Crippen molar-refractivity contribution >= 4 is 23.2 Å². The normalized spacial score (nSPS) is 10.2. The second kappa shape index (κ2) is 5.66. The van der Waals surface area contributed by atoms with Crippen LogP contribution in [-0.4, -0.2) is 11.8 Å². The summed E-state index contributed by atoms with van der Waals surface area (Å²) in [5, 5.41) is 2.81. The van der Waals surface area contributed by atoms with E-state index < -0.39 is 5.91 Å². The molecule has 108 valence electrons. The van der Waals surface area contributed by atoms with Crippen LogP contribution in [0.5, 0.6) is 0 Å². The van der Waals surface area contributed by atoms with E-state index in [0.29, 0.717) is 22.5 Å². The lowest BCUT2D eigenvalue weighted by Crippen LogP contribution is -2.15. The molecule has 5 heteroatoms. The Hall–Kier alpha value is -2.82. The van der Waals surface area contributed by atoms with Crippen LogP contribution in [0.2, 0.25) is 0 Å². The molecule has 5 nitrogen and oxygen atoms in total. The van der Waals surface area contributed by atoms with Gasteiger partial charge in [-0.1, -0.05) is 0 Å². The van der Waals surface area contributed by atoms with Crippen LogP contribution in [0.4, 0.5) is 11.4 Å². The van der Waals surface area contributed by atoms with Crippen LogP contribution < -0.4 is 16.8 Å². The van der Waals surface area contributed by atoms with Gasteiger partial charge in [-0.05, 0) is 61.4 Å². The minimum Gasteiger partial charge on any atom is -0.399 e. The van der Waals surface area contributed by atoms with Crippen LogP contribution in [0.25, 0.3) is 0 Å². The van der Waals surface area contributed by atoms with E-state index in [9.17, 15) is 9.59 Å². The lowest BCUT2D eigenvalue weighted by atomic mass is 10.1. The lowest BCUT2D eigenvalue weighted by molar-refractivity contribution is 0.0998. The van der Waals surface area contributed by atoms with Gasteiger partial charge in [0.1, 0.15) is 0 Å². The quantitative estimate of drug-likeness (QED) is 0.753. The number of nitrogens with two attached hydrogens (primary N) is 2. The van der Waals surface area contributed by atoms with Crippen LogP contribution in [-0.2, 0) is 0 Å². The SMILES string of the molecule is Cc1cc(C(=O)Nc2ccc(C(N)=O)cc2C)ccc1N. The highest BCUT2D eigenvalue weighted by Gasteiger charge is 2.10. The summed E-state index contributed by atoms with van der Waals surface area (Å²) in [4.78, 5) is 23.3. The molecule has 2 aromatic rings. The number of hydrogen-bond acceptors (Lipinski definition) is 3. The summed E-state index contributed by atoms with van der Waals surface area (Å²) in [6.07, 6.45) is 0. The van der Waals surface area contributed by atoms with E-state index in [1.54, 1.807) is 43.3 Å². The monoisotopic (exact) mass is 283 g/mol. The molecule has 0 saturated carbocycles. The predicted octanol–water partition coefficient (Wildman–Crippen LogP) is 2.24. The first-order chi connectivity index (χ1) is 9.88. The average molecular weight is 283 g/mol. The van der Waals surface area contributed by atoms with Crippen LogP contribution in [0, 0.1) is 13.8 Å². The molecule has 0 saturated heterocycles. The van der Waals surface area contributed by atoms with Gasteiger partial charge in [-0.2, -0.15) is 0 Å². The van der Waals surface area contributed by atoms with Crippen molar-refractivity contribution in [1.82, 2.24) is 0 Å². The lowest BCUT2D eigenvalue weighted by Gasteiger charge is -2.10. The number of hydrogen-bond donors (Lipinski definition) is 3. The topological polar surface area (TPSA) is 98.2 Å². The van der Waals surface area contributed by atoms with Crippen LogP contribution >= 0.6 is 0 Å². The van der Waals surface area contributed by atoms with Gasteiger partial charge in [0.2, 0.25) is 5.91 Å². The number of carbonyl (C=O) groups is 2. The highest BCUT2D eigenvalue weighted by molar-refractivity contribution is 6.05. The molecule has 2 aromatic carbocycles. The number of benzene rings is 2. The molecule has 0 radical (unpaired) electrons. The number of nitrogens with one attached hydrogen (secondary N) is 1. The molecule has 0 aliphatic rings. The minimum absolute atomic E-state index is 0.229. The van der Waals surface area contributed by atoms with Gasteiger partial charge in [0.25, 0.3) is 5.91 Å². The van der Waals surface area contributed by atoms with Crippen LogP contribution in [0.3, 0.4) is 0 Å². The van der Waals surface area contributed by atoms with Crippen LogP contribution in [0.1, 0.15) is 31.8 Å². The van der Waals surface area contributed by atoms with E-state index in [1.807, 2.05) is 6.92 Å². The third-order valence-electron chi connectivity index (χ3n) is 3.29. The Bertz CT molecular complexity index is 723. The van der Waals surface area contributed by atoms with Crippen molar-refractivity contribution in [3.05, 3.63) is 58.7 Å². The van der Waals surface area contributed by atoms with Gasteiger partial charge in [0.05, 0.1) is 0 Å².